The average molecular weight is 425 g/mol. The summed E-state index contributed by atoms with van der Waals surface area (Å²) in [6, 6.07) is 18.8. The van der Waals surface area contributed by atoms with E-state index >= 15 is 0 Å². The number of rotatable bonds is 2. The summed E-state index contributed by atoms with van der Waals surface area (Å²) in [5, 5.41) is 14.7. The van der Waals surface area contributed by atoms with E-state index in [1.54, 1.807) is 23.2 Å². The van der Waals surface area contributed by atoms with Gasteiger partial charge in [0, 0.05) is 23.2 Å². The van der Waals surface area contributed by atoms with Crippen LogP contribution in [0.2, 0.25) is 0 Å². The number of benzene rings is 2. The van der Waals surface area contributed by atoms with E-state index in [4.69, 9.17) is 5.73 Å². The van der Waals surface area contributed by atoms with Gasteiger partial charge in [0.2, 0.25) is 5.91 Å². The highest BCUT2D eigenvalue weighted by Crippen LogP contribution is 2.56. The van der Waals surface area contributed by atoms with Gasteiger partial charge in [-0.25, -0.2) is 5.01 Å². The van der Waals surface area contributed by atoms with Gasteiger partial charge in [-0.15, -0.1) is 0 Å². The van der Waals surface area contributed by atoms with Gasteiger partial charge in [-0.3, -0.25) is 15.0 Å². The molecule has 2 aliphatic heterocycles. The molecule has 1 spiro atoms. The molecule has 1 unspecified atom stereocenters. The minimum absolute atomic E-state index is 0.0511. The number of Topliss-reactive ketones (excluding diaryl/α,β-unsaturated/α-hetero) is 1. The zero-order chi connectivity index (χ0) is 22.7. The van der Waals surface area contributed by atoms with Crippen LogP contribution in [0.1, 0.15) is 32.3 Å². The van der Waals surface area contributed by atoms with Gasteiger partial charge in [-0.2, -0.15) is 5.26 Å². The van der Waals surface area contributed by atoms with Gasteiger partial charge in [0.25, 0.3) is 0 Å². The summed E-state index contributed by atoms with van der Waals surface area (Å²) >= 11 is 0. The molecular formula is C25H23N5O2. The fourth-order valence-corrected chi connectivity index (χ4v) is 5.14. The number of hydrogen-bond donors (Lipinski definition) is 3. The molecule has 4 N–H and O–H groups in total. The third kappa shape index (κ3) is 2.59. The van der Waals surface area contributed by atoms with E-state index < -0.39 is 11.3 Å². The Kier molecular flexibility index (Phi) is 4.18. The molecule has 7 heteroatoms. The second-order valence-electron chi connectivity index (χ2n) is 9.20. The third-order valence-electron chi connectivity index (χ3n) is 6.42. The Balaban J connectivity index is 1.82. The minimum atomic E-state index is -1.55. The standard InChI is InChI=1S/C25H23N5O2/c1-24(2)12-19-21(20(31)13-24)25(16-10-6-7-11-18(16)28-23(25)32)17(14-26)22(27)30(19)29-15-8-4-3-5-9-15/h3-11,29H,12-13,27H2,1-2H3,(H,28,32). The fourth-order valence-electron chi connectivity index (χ4n) is 5.14. The SMILES string of the molecule is CC1(C)CC(=O)C2=C(C1)N(Nc1ccccc1)C(N)=C(C#N)C21C(=O)Nc2ccccc21. The first kappa shape index (κ1) is 19.9. The summed E-state index contributed by atoms with van der Waals surface area (Å²) in [7, 11) is 0. The summed E-state index contributed by atoms with van der Waals surface area (Å²) in [6.07, 6.45) is 0.797. The molecule has 2 aromatic carbocycles. The van der Waals surface area contributed by atoms with Crippen molar-refractivity contribution in [1.82, 2.24) is 5.01 Å². The number of hydrogen-bond acceptors (Lipinski definition) is 6. The Hall–Kier alpha value is -4.05. The quantitative estimate of drug-likeness (QED) is 0.678. The minimum Gasteiger partial charge on any atom is -0.383 e. The van der Waals surface area contributed by atoms with Crippen molar-refractivity contribution in [1.29, 1.82) is 5.26 Å². The number of nitrogens with zero attached hydrogens (tertiary/aromatic N) is 2. The zero-order valence-corrected chi connectivity index (χ0v) is 17.9. The third-order valence-corrected chi connectivity index (χ3v) is 6.42. The molecule has 0 saturated heterocycles. The number of ketones is 1. The zero-order valence-electron chi connectivity index (χ0n) is 17.9. The van der Waals surface area contributed by atoms with Crippen molar-refractivity contribution in [2.75, 3.05) is 10.7 Å². The maximum absolute atomic E-state index is 13.7. The van der Waals surface area contributed by atoms with Gasteiger partial charge < -0.3 is 11.1 Å². The highest BCUT2D eigenvalue weighted by molar-refractivity contribution is 6.19. The Labute approximate surface area is 186 Å². The molecule has 0 fully saturated rings. The summed E-state index contributed by atoms with van der Waals surface area (Å²) in [4.78, 5) is 27.2. The van der Waals surface area contributed by atoms with Crippen LogP contribution in [-0.4, -0.2) is 16.7 Å². The second kappa shape index (κ2) is 6.72. The summed E-state index contributed by atoms with van der Waals surface area (Å²) in [5.74, 6) is -0.450. The molecule has 0 radical (unpaired) electrons. The van der Waals surface area contributed by atoms with Crippen LogP contribution in [0.15, 0.2) is 77.3 Å². The Morgan fingerprint density at radius 1 is 1.06 bits per heavy atom. The molecular weight excluding hydrogens is 402 g/mol. The number of nitriles is 1. The van der Waals surface area contributed by atoms with E-state index in [1.165, 1.54) is 0 Å². The maximum atomic E-state index is 13.7. The predicted molar refractivity (Wildman–Crippen MR) is 121 cm³/mol. The first-order valence-electron chi connectivity index (χ1n) is 10.5. The molecule has 2 aromatic rings. The molecule has 3 aliphatic rings. The maximum Gasteiger partial charge on any atom is 0.245 e. The van der Waals surface area contributed by atoms with E-state index in [0.29, 0.717) is 28.9 Å². The molecule has 0 saturated carbocycles. The Bertz CT molecular complexity index is 1270. The van der Waals surface area contributed by atoms with Gasteiger partial charge in [0.15, 0.2) is 5.78 Å². The summed E-state index contributed by atoms with van der Waals surface area (Å²) in [5.41, 5.74) is 10.9. The number of carbonyl (C=O) groups excluding carboxylic acids is 2. The molecule has 1 amide bonds. The lowest BCUT2D eigenvalue weighted by molar-refractivity contribution is -0.124. The van der Waals surface area contributed by atoms with Crippen LogP contribution >= 0.6 is 0 Å². The van der Waals surface area contributed by atoms with Crippen molar-refractivity contribution < 1.29 is 9.59 Å². The van der Waals surface area contributed by atoms with Crippen molar-refractivity contribution in [2.45, 2.75) is 32.1 Å². The number of nitrogens with two attached hydrogens (primary N) is 1. The average Bonchev–Trinajstić information content (AvgIpc) is 3.03. The topological polar surface area (TPSA) is 111 Å². The summed E-state index contributed by atoms with van der Waals surface area (Å²) < 4.78 is 0. The largest absolute Gasteiger partial charge is 0.383 e. The molecule has 7 nitrogen and oxygen atoms in total. The van der Waals surface area contributed by atoms with Crippen LogP contribution in [0, 0.1) is 16.7 Å². The fraction of sp³-hybridized carbons (Fsp3) is 0.240. The molecule has 1 atom stereocenters. The van der Waals surface area contributed by atoms with Crippen LogP contribution in [0.3, 0.4) is 0 Å². The molecule has 0 bridgehead atoms. The number of amides is 1. The van der Waals surface area contributed by atoms with Gasteiger partial charge in [0.1, 0.15) is 17.3 Å². The Morgan fingerprint density at radius 3 is 2.47 bits per heavy atom. The normalized spacial score (nSPS) is 23.6. The van der Waals surface area contributed by atoms with E-state index in [-0.39, 0.29) is 29.0 Å². The monoisotopic (exact) mass is 425 g/mol. The predicted octanol–water partition coefficient (Wildman–Crippen LogP) is 3.56. The van der Waals surface area contributed by atoms with Gasteiger partial charge in [-0.05, 0) is 30.0 Å². The van der Waals surface area contributed by atoms with Gasteiger partial charge >= 0.3 is 0 Å². The number of fused-ring (bicyclic) bond motifs is 3. The second-order valence-corrected chi connectivity index (χ2v) is 9.20. The van der Waals surface area contributed by atoms with Crippen molar-refractivity contribution in [3.05, 3.63) is 82.8 Å². The first-order valence-corrected chi connectivity index (χ1v) is 10.5. The van der Waals surface area contributed by atoms with E-state index in [9.17, 15) is 14.9 Å². The highest BCUT2D eigenvalue weighted by atomic mass is 16.2. The smallest absolute Gasteiger partial charge is 0.245 e. The molecule has 32 heavy (non-hydrogen) atoms. The van der Waals surface area contributed by atoms with Gasteiger partial charge in [0.05, 0.1) is 17.0 Å². The number of anilines is 2. The molecule has 160 valence electrons. The lowest BCUT2D eigenvalue weighted by atomic mass is 9.61. The van der Waals surface area contributed by atoms with Crippen molar-refractivity contribution in [3.8, 4) is 6.07 Å². The number of allylic oxidation sites excluding steroid dienone is 1. The first-order chi connectivity index (χ1) is 15.3. The molecule has 2 heterocycles. The number of hydrazine groups is 1. The van der Waals surface area contributed by atoms with E-state index in [0.717, 1.165) is 5.69 Å². The van der Waals surface area contributed by atoms with Crippen LogP contribution in [0.25, 0.3) is 0 Å². The molecule has 1 aliphatic carbocycles. The number of carbonyl (C=O) groups is 2. The van der Waals surface area contributed by atoms with Crippen LogP contribution in [0.5, 0.6) is 0 Å². The lowest BCUT2D eigenvalue weighted by Gasteiger charge is -2.46. The number of para-hydroxylation sites is 2. The van der Waals surface area contributed by atoms with Crippen LogP contribution in [0.4, 0.5) is 11.4 Å². The summed E-state index contributed by atoms with van der Waals surface area (Å²) in [6.45, 7) is 4.04. The van der Waals surface area contributed by atoms with Crippen molar-refractivity contribution in [2.24, 2.45) is 11.1 Å². The van der Waals surface area contributed by atoms with Crippen LogP contribution < -0.4 is 16.5 Å². The van der Waals surface area contributed by atoms with Crippen molar-refractivity contribution in [3.63, 3.8) is 0 Å². The number of nitrogens with one attached hydrogen (secondary N) is 2. The van der Waals surface area contributed by atoms with Crippen molar-refractivity contribution >= 4 is 23.1 Å². The van der Waals surface area contributed by atoms with Gasteiger partial charge in [-0.1, -0.05) is 50.2 Å². The molecule has 5 rings (SSSR count). The van der Waals surface area contributed by atoms with E-state index in [1.807, 2.05) is 50.2 Å². The lowest BCUT2D eigenvalue weighted by Crippen LogP contribution is -2.53. The molecule has 0 aromatic heterocycles. The van der Waals surface area contributed by atoms with E-state index in [2.05, 4.69) is 16.8 Å². The highest BCUT2D eigenvalue weighted by Gasteiger charge is 2.61. The Morgan fingerprint density at radius 2 is 1.75 bits per heavy atom. The van der Waals surface area contributed by atoms with Crippen LogP contribution in [-0.2, 0) is 15.0 Å².